The predicted molar refractivity (Wildman–Crippen MR) is 47.6 cm³/mol. The van der Waals surface area contributed by atoms with E-state index in [4.69, 9.17) is 0 Å². The smallest absolute Gasteiger partial charge is 0.0170 e. The second kappa shape index (κ2) is 5.03. The molecule has 1 unspecified atom stereocenters. The summed E-state index contributed by atoms with van der Waals surface area (Å²) in [5, 5.41) is 4.33. The van der Waals surface area contributed by atoms with Gasteiger partial charge in [-0.25, -0.2) is 5.32 Å². The first-order chi connectivity index (χ1) is 4.93. The maximum atomic E-state index is 4.33. The molecule has 0 saturated carbocycles. The van der Waals surface area contributed by atoms with E-state index in [0.717, 1.165) is 19.0 Å². The quantitative estimate of drug-likeness (QED) is 0.569. The molecule has 1 saturated heterocycles. The molecule has 0 bridgehead atoms. The molecule has 1 aliphatic rings. The minimum atomic E-state index is 0.913. The van der Waals surface area contributed by atoms with E-state index < -0.39 is 0 Å². The Kier molecular flexibility index (Phi) is 4.23. The van der Waals surface area contributed by atoms with Crippen LogP contribution in [-0.2, 0) is 0 Å². The minimum absolute atomic E-state index is 0.913. The van der Waals surface area contributed by atoms with E-state index in [-0.39, 0.29) is 0 Å². The number of nitrogens with zero attached hydrogens (tertiary/aromatic N) is 1. The van der Waals surface area contributed by atoms with Gasteiger partial charge in [0.2, 0.25) is 0 Å². The van der Waals surface area contributed by atoms with Crippen LogP contribution in [0, 0.1) is 5.92 Å². The molecule has 0 aromatic rings. The SMILES string of the molecule is CCCSCC1CC[N]C1. The molecule has 0 aromatic carbocycles. The molecule has 1 radical (unpaired) electrons. The number of hydrogen-bond donors (Lipinski definition) is 0. The van der Waals surface area contributed by atoms with Crippen LogP contribution >= 0.6 is 11.8 Å². The molecule has 0 spiro atoms. The summed E-state index contributed by atoms with van der Waals surface area (Å²) in [5.74, 6) is 3.59. The van der Waals surface area contributed by atoms with E-state index in [2.05, 4.69) is 24.0 Å². The van der Waals surface area contributed by atoms with E-state index in [1.165, 1.54) is 24.3 Å². The molecule has 1 aliphatic heterocycles. The average molecular weight is 158 g/mol. The summed E-state index contributed by atoms with van der Waals surface area (Å²) in [6.45, 7) is 4.50. The second-order valence-electron chi connectivity index (χ2n) is 2.86. The molecule has 1 fully saturated rings. The Morgan fingerprint density at radius 2 is 2.50 bits per heavy atom. The van der Waals surface area contributed by atoms with Gasteiger partial charge < -0.3 is 0 Å². The Labute approximate surface area is 68.0 Å². The Morgan fingerprint density at radius 1 is 1.60 bits per heavy atom. The van der Waals surface area contributed by atoms with Crippen LogP contribution in [0.25, 0.3) is 0 Å². The fourth-order valence-corrected chi connectivity index (χ4v) is 2.23. The van der Waals surface area contributed by atoms with Gasteiger partial charge in [-0.3, -0.25) is 0 Å². The van der Waals surface area contributed by atoms with Crippen molar-refractivity contribution in [2.45, 2.75) is 19.8 Å². The average Bonchev–Trinajstić information content (AvgIpc) is 2.41. The van der Waals surface area contributed by atoms with Crippen LogP contribution in [0.3, 0.4) is 0 Å². The summed E-state index contributed by atoms with van der Waals surface area (Å²) in [4.78, 5) is 0. The Balaban J connectivity index is 1.91. The van der Waals surface area contributed by atoms with Gasteiger partial charge in [0.1, 0.15) is 0 Å². The third kappa shape index (κ3) is 2.93. The topological polar surface area (TPSA) is 14.1 Å². The van der Waals surface area contributed by atoms with Gasteiger partial charge in [-0.2, -0.15) is 11.8 Å². The highest BCUT2D eigenvalue weighted by molar-refractivity contribution is 7.99. The Hall–Kier alpha value is 0.310. The van der Waals surface area contributed by atoms with Crippen molar-refractivity contribution >= 4 is 11.8 Å². The molecule has 0 amide bonds. The zero-order valence-corrected chi connectivity index (χ0v) is 7.49. The molecule has 1 nitrogen and oxygen atoms in total. The Morgan fingerprint density at radius 3 is 3.10 bits per heavy atom. The van der Waals surface area contributed by atoms with E-state index in [0.29, 0.717) is 0 Å². The lowest BCUT2D eigenvalue weighted by Gasteiger charge is -2.05. The standard InChI is InChI=1S/C8H16NS/c1-2-5-10-7-8-3-4-9-6-8/h8H,2-7H2,1H3. The molecule has 0 aromatic heterocycles. The molecule has 0 aliphatic carbocycles. The van der Waals surface area contributed by atoms with Gasteiger partial charge in [0.25, 0.3) is 0 Å². The summed E-state index contributed by atoms with van der Waals surface area (Å²) in [6.07, 6.45) is 2.66. The monoisotopic (exact) mass is 158 g/mol. The first kappa shape index (κ1) is 8.41. The normalized spacial score (nSPS) is 25.5. The molecule has 1 atom stereocenters. The molecule has 59 valence electrons. The van der Waals surface area contributed by atoms with Crippen LogP contribution in [0.2, 0.25) is 0 Å². The van der Waals surface area contributed by atoms with Crippen molar-refractivity contribution in [1.82, 2.24) is 5.32 Å². The number of hydrogen-bond acceptors (Lipinski definition) is 1. The lowest BCUT2D eigenvalue weighted by molar-refractivity contribution is 0.660. The molecule has 1 rings (SSSR count). The van der Waals surface area contributed by atoms with Crippen molar-refractivity contribution in [2.75, 3.05) is 24.6 Å². The van der Waals surface area contributed by atoms with Crippen LogP contribution in [0.1, 0.15) is 19.8 Å². The highest BCUT2D eigenvalue weighted by Crippen LogP contribution is 2.15. The van der Waals surface area contributed by atoms with Crippen LogP contribution in [0.4, 0.5) is 0 Å². The first-order valence-corrected chi connectivity index (χ1v) is 5.30. The first-order valence-electron chi connectivity index (χ1n) is 4.14. The van der Waals surface area contributed by atoms with Gasteiger partial charge in [-0.05, 0) is 30.3 Å². The van der Waals surface area contributed by atoms with Crippen LogP contribution in [0.15, 0.2) is 0 Å². The van der Waals surface area contributed by atoms with Crippen molar-refractivity contribution in [2.24, 2.45) is 5.92 Å². The third-order valence-corrected chi connectivity index (χ3v) is 3.19. The van der Waals surface area contributed by atoms with E-state index in [1.807, 2.05) is 0 Å². The molecular formula is C8H16NS. The highest BCUT2D eigenvalue weighted by Gasteiger charge is 2.14. The zero-order chi connectivity index (χ0) is 7.23. The largest absolute Gasteiger partial charge is 0.241 e. The lowest BCUT2D eigenvalue weighted by Crippen LogP contribution is -2.05. The second-order valence-corrected chi connectivity index (χ2v) is 4.01. The molecule has 2 heteroatoms. The van der Waals surface area contributed by atoms with Crippen LogP contribution in [-0.4, -0.2) is 24.6 Å². The maximum Gasteiger partial charge on any atom is 0.0170 e. The summed E-state index contributed by atoms with van der Waals surface area (Å²) < 4.78 is 0. The number of thioether (sulfide) groups is 1. The van der Waals surface area contributed by atoms with Crippen molar-refractivity contribution < 1.29 is 0 Å². The fraction of sp³-hybridized carbons (Fsp3) is 1.00. The van der Waals surface area contributed by atoms with Crippen molar-refractivity contribution in [3.63, 3.8) is 0 Å². The minimum Gasteiger partial charge on any atom is -0.241 e. The van der Waals surface area contributed by atoms with Crippen molar-refractivity contribution in [1.29, 1.82) is 0 Å². The van der Waals surface area contributed by atoms with Gasteiger partial charge in [-0.15, -0.1) is 0 Å². The summed E-state index contributed by atoms with van der Waals surface area (Å²) in [6, 6.07) is 0. The molecule has 1 heterocycles. The fourth-order valence-electron chi connectivity index (χ4n) is 1.17. The highest BCUT2D eigenvalue weighted by atomic mass is 32.2. The van der Waals surface area contributed by atoms with Gasteiger partial charge in [0, 0.05) is 13.1 Å². The zero-order valence-electron chi connectivity index (χ0n) is 6.68. The van der Waals surface area contributed by atoms with E-state index >= 15 is 0 Å². The van der Waals surface area contributed by atoms with Crippen LogP contribution < -0.4 is 5.32 Å². The molecule has 0 N–H and O–H groups in total. The van der Waals surface area contributed by atoms with Crippen molar-refractivity contribution in [3.05, 3.63) is 0 Å². The summed E-state index contributed by atoms with van der Waals surface area (Å²) in [7, 11) is 0. The summed E-state index contributed by atoms with van der Waals surface area (Å²) in [5.41, 5.74) is 0. The van der Waals surface area contributed by atoms with E-state index in [9.17, 15) is 0 Å². The maximum absolute atomic E-state index is 4.33. The van der Waals surface area contributed by atoms with E-state index in [1.54, 1.807) is 0 Å². The molecule has 10 heavy (non-hydrogen) atoms. The Bertz CT molecular complexity index is 79.3. The van der Waals surface area contributed by atoms with Crippen LogP contribution in [0.5, 0.6) is 0 Å². The third-order valence-electron chi connectivity index (χ3n) is 1.78. The lowest BCUT2D eigenvalue weighted by atomic mass is 10.2. The van der Waals surface area contributed by atoms with Gasteiger partial charge in [0.15, 0.2) is 0 Å². The van der Waals surface area contributed by atoms with Gasteiger partial charge in [-0.1, -0.05) is 6.92 Å². The predicted octanol–water partition coefficient (Wildman–Crippen LogP) is 1.75. The number of rotatable bonds is 4. The summed E-state index contributed by atoms with van der Waals surface area (Å²) >= 11 is 2.09. The van der Waals surface area contributed by atoms with Gasteiger partial charge >= 0.3 is 0 Å². The van der Waals surface area contributed by atoms with Gasteiger partial charge in [0.05, 0.1) is 0 Å². The molecular weight excluding hydrogens is 142 g/mol. The van der Waals surface area contributed by atoms with Crippen molar-refractivity contribution in [3.8, 4) is 0 Å².